The number of benzene rings is 1. The van der Waals surface area contributed by atoms with Crippen LogP contribution in [0.2, 0.25) is 0 Å². The molecule has 3 atom stereocenters. The smallest absolute Gasteiger partial charge is 0.0832 e. The van der Waals surface area contributed by atoms with Crippen LogP contribution in [0.3, 0.4) is 0 Å². The van der Waals surface area contributed by atoms with Crippen LogP contribution in [0.5, 0.6) is 0 Å². The minimum absolute atomic E-state index is 0.352. The van der Waals surface area contributed by atoms with Gasteiger partial charge in [-0.2, -0.15) is 0 Å². The first-order valence-electron chi connectivity index (χ1n) is 7.72. The fraction of sp³-hybridized carbons (Fsp3) is 0.647. The van der Waals surface area contributed by atoms with Gasteiger partial charge in [-0.05, 0) is 43.2 Å². The number of hydrogen-bond donors (Lipinski definition) is 0. The van der Waals surface area contributed by atoms with E-state index in [0.717, 1.165) is 0 Å². The zero-order chi connectivity index (χ0) is 13.1. The number of fused-ring (bicyclic) bond motifs is 1. The Morgan fingerprint density at radius 1 is 0.947 bits per heavy atom. The summed E-state index contributed by atoms with van der Waals surface area (Å²) < 4.78 is 7.25. The van der Waals surface area contributed by atoms with Gasteiger partial charge in [-0.1, -0.05) is 66.1 Å². The van der Waals surface area contributed by atoms with E-state index in [4.69, 9.17) is 4.74 Å². The van der Waals surface area contributed by atoms with Crippen LogP contribution in [0.1, 0.15) is 62.2 Å². The zero-order valence-electron chi connectivity index (χ0n) is 11.5. The molecule has 3 rings (SSSR count). The van der Waals surface area contributed by atoms with Crippen molar-refractivity contribution >= 4 is 22.6 Å². The third-order valence-corrected chi connectivity index (χ3v) is 5.95. The molecule has 104 valence electrons. The molecule has 1 aromatic rings. The summed E-state index contributed by atoms with van der Waals surface area (Å²) >= 11 is 2.61. The SMILES string of the molecule is IC1CCCCCC1OC1CCCc2ccccc21. The molecule has 0 amide bonds. The number of aryl methyl sites for hydroxylation is 1. The normalized spacial score (nSPS) is 31.5. The Balaban J connectivity index is 1.73. The molecule has 0 saturated heterocycles. The lowest BCUT2D eigenvalue weighted by molar-refractivity contribution is -0.0237. The molecule has 1 fully saturated rings. The highest BCUT2D eigenvalue weighted by atomic mass is 127. The largest absolute Gasteiger partial charge is 0.369 e. The van der Waals surface area contributed by atoms with Gasteiger partial charge in [0.15, 0.2) is 0 Å². The molecule has 1 nitrogen and oxygen atoms in total. The van der Waals surface area contributed by atoms with Crippen molar-refractivity contribution in [2.24, 2.45) is 0 Å². The maximum Gasteiger partial charge on any atom is 0.0832 e. The molecule has 0 spiro atoms. The number of ether oxygens (including phenoxy) is 1. The summed E-state index contributed by atoms with van der Waals surface area (Å²) in [5.41, 5.74) is 2.97. The minimum Gasteiger partial charge on any atom is -0.369 e. The summed E-state index contributed by atoms with van der Waals surface area (Å²) in [7, 11) is 0. The summed E-state index contributed by atoms with van der Waals surface area (Å²) in [4.78, 5) is 0. The van der Waals surface area contributed by atoms with E-state index in [9.17, 15) is 0 Å². The van der Waals surface area contributed by atoms with Crippen LogP contribution in [-0.4, -0.2) is 10.0 Å². The van der Waals surface area contributed by atoms with Crippen LogP contribution >= 0.6 is 22.6 Å². The topological polar surface area (TPSA) is 9.23 Å². The monoisotopic (exact) mass is 370 g/mol. The van der Waals surface area contributed by atoms with E-state index < -0.39 is 0 Å². The molecule has 2 heteroatoms. The Hall–Kier alpha value is -0.0900. The van der Waals surface area contributed by atoms with Gasteiger partial charge < -0.3 is 4.74 Å². The van der Waals surface area contributed by atoms with Crippen molar-refractivity contribution in [2.45, 2.75) is 67.5 Å². The Kier molecular flexibility index (Phi) is 4.80. The van der Waals surface area contributed by atoms with Crippen molar-refractivity contribution in [3.05, 3.63) is 35.4 Å². The third kappa shape index (κ3) is 3.33. The van der Waals surface area contributed by atoms with E-state index in [-0.39, 0.29) is 0 Å². The Morgan fingerprint density at radius 3 is 2.74 bits per heavy atom. The molecule has 0 aliphatic heterocycles. The van der Waals surface area contributed by atoms with Crippen LogP contribution in [0.15, 0.2) is 24.3 Å². The second-order valence-electron chi connectivity index (χ2n) is 5.91. The highest BCUT2D eigenvalue weighted by Gasteiger charge is 2.28. The van der Waals surface area contributed by atoms with Gasteiger partial charge in [0, 0.05) is 3.92 Å². The number of alkyl halides is 1. The molecule has 0 heterocycles. The Morgan fingerprint density at radius 2 is 1.79 bits per heavy atom. The van der Waals surface area contributed by atoms with Crippen molar-refractivity contribution < 1.29 is 4.74 Å². The number of hydrogen-bond acceptors (Lipinski definition) is 1. The van der Waals surface area contributed by atoms with E-state index in [1.807, 2.05) is 0 Å². The lowest BCUT2D eigenvalue weighted by Gasteiger charge is -2.31. The fourth-order valence-corrected chi connectivity index (χ4v) is 4.41. The summed E-state index contributed by atoms with van der Waals surface area (Å²) in [6.07, 6.45) is 11.2. The van der Waals surface area contributed by atoms with Crippen molar-refractivity contribution in [1.82, 2.24) is 0 Å². The van der Waals surface area contributed by atoms with Gasteiger partial charge in [-0.15, -0.1) is 0 Å². The summed E-state index contributed by atoms with van der Waals surface area (Å²) in [6, 6.07) is 8.88. The van der Waals surface area contributed by atoms with Crippen molar-refractivity contribution in [3.8, 4) is 0 Å². The lowest BCUT2D eigenvalue weighted by Crippen LogP contribution is -2.26. The molecule has 1 saturated carbocycles. The molecule has 0 bridgehead atoms. The molecule has 1 aromatic carbocycles. The fourth-order valence-electron chi connectivity index (χ4n) is 3.44. The predicted molar refractivity (Wildman–Crippen MR) is 87.9 cm³/mol. The van der Waals surface area contributed by atoms with Crippen LogP contribution in [0.4, 0.5) is 0 Å². The average molecular weight is 370 g/mol. The van der Waals surface area contributed by atoms with Gasteiger partial charge in [0.2, 0.25) is 0 Å². The molecular formula is C17H23IO. The molecule has 3 unspecified atom stereocenters. The summed E-state index contributed by atoms with van der Waals surface area (Å²) in [5.74, 6) is 0. The summed E-state index contributed by atoms with van der Waals surface area (Å²) in [6.45, 7) is 0. The van der Waals surface area contributed by atoms with Crippen LogP contribution in [0, 0.1) is 0 Å². The average Bonchev–Trinajstić information content (AvgIpc) is 2.65. The van der Waals surface area contributed by atoms with E-state index in [1.54, 1.807) is 0 Å². The maximum atomic E-state index is 6.54. The van der Waals surface area contributed by atoms with Gasteiger partial charge in [0.25, 0.3) is 0 Å². The van der Waals surface area contributed by atoms with Crippen molar-refractivity contribution in [1.29, 1.82) is 0 Å². The highest BCUT2D eigenvalue weighted by Crippen LogP contribution is 2.36. The first kappa shape index (κ1) is 13.9. The molecule has 0 N–H and O–H groups in total. The first-order valence-corrected chi connectivity index (χ1v) is 8.96. The third-order valence-electron chi connectivity index (χ3n) is 4.53. The zero-order valence-corrected chi connectivity index (χ0v) is 13.6. The first-order chi connectivity index (χ1) is 9.34. The molecule has 0 radical (unpaired) electrons. The van der Waals surface area contributed by atoms with Gasteiger partial charge in [-0.3, -0.25) is 0 Å². The van der Waals surface area contributed by atoms with Gasteiger partial charge >= 0.3 is 0 Å². The van der Waals surface area contributed by atoms with Gasteiger partial charge in [0.1, 0.15) is 0 Å². The molecular weight excluding hydrogens is 347 g/mol. The minimum atomic E-state index is 0.352. The second-order valence-corrected chi connectivity index (χ2v) is 7.51. The lowest BCUT2D eigenvalue weighted by atomic mass is 9.89. The van der Waals surface area contributed by atoms with Crippen LogP contribution in [-0.2, 0) is 11.2 Å². The molecule has 2 aliphatic carbocycles. The van der Waals surface area contributed by atoms with Crippen molar-refractivity contribution in [2.75, 3.05) is 0 Å². The van der Waals surface area contributed by atoms with E-state index in [1.165, 1.54) is 62.5 Å². The van der Waals surface area contributed by atoms with Gasteiger partial charge in [0.05, 0.1) is 12.2 Å². The molecule has 19 heavy (non-hydrogen) atoms. The maximum absolute atomic E-state index is 6.54. The van der Waals surface area contributed by atoms with Crippen LogP contribution in [0.25, 0.3) is 0 Å². The van der Waals surface area contributed by atoms with Crippen LogP contribution < -0.4 is 0 Å². The van der Waals surface area contributed by atoms with Crippen molar-refractivity contribution in [3.63, 3.8) is 0 Å². The Labute approximate surface area is 130 Å². The predicted octanol–water partition coefficient (Wildman–Crippen LogP) is 5.22. The number of halogens is 1. The van der Waals surface area contributed by atoms with Gasteiger partial charge in [-0.25, -0.2) is 0 Å². The van der Waals surface area contributed by atoms with E-state index in [0.29, 0.717) is 16.1 Å². The number of rotatable bonds is 2. The highest BCUT2D eigenvalue weighted by molar-refractivity contribution is 14.1. The summed E-state index contributed by atoms with van der Waals surface area (Å²) in [5, 5.41) is 0. The quantitative estimate of drug-likeness (QED) is 0.394. The van der Waals surface area contributed by atoms with E-state index >= 15 is 0 Å². The molecule has 0 aromatic heterocycles. The second kappa shape index (κ2) is 6.57. The molecule has 2 aliphatic rings. The Bertz CT molecular complexity index is 417. The van der Waals surface area contributed by atoms with E-state index in [2.05, 4.69) is 46.9 Å². The standard InChI is InChI=1S/C17H23IO/c18-15-10-2-1-3-11-17(15)19-16-12-6-8-13-7-4-5-9-14(13)16/h4-5,7,9,15-17H,1-3,6,8,10-12H2.